The first-order valence-electron chi connectivity index (χ1n) is 7.10. The van der Waals surface area contributed by atoms with Crippen LogP contribution in [0.3, 0.4) is 0 Å². The summed E-state index contributed by atoms with van der Waals surface area (Å²) in [5.74, 6) is 2.40. The van der Waals surface area contributed by atoms with Crippen molar-refractivity contribution in [3.8, 4) is 12.3 Å². The minimum absolute atomic E-state index is 0.0900. The molecule has 1 N–H and O–H groups in total. The highest BCUT2D eigenvalue weighted by atomic mass is 32.2. The zero-order valence-electron chi connectivity index (χ0n) is 13.2. The van der Waals surface area contributed by atoms with Gasteiger partial charge in [0.2, 0.25) is 10.0 Å². The van der Waals surface area contributed by atoms with Crippen LogP contribution in [0.15, 0.2) is 23.1 Å². The van der Waals surface area contributed by atoms with E-state index < -0.39 is 10.0 Å². The largest absolute Gasteiger partial charge is 0.310 e. The molecular weight excluding hydrogens is 284 g/mol. The van der Waals surface area contributed by atoms with Crippen molar-refractivity contribution < 1.29 is 8.42 Å². The summed E-state index contributed by atoms with van der Waals surface area (Å²) in [5.41, 5.74) is 1.77. The van der Waals surface area contributed by atoms with E-state index in [1.165, 1.54) is 4.31 Å². The van der Waals surface area contributed by atoms with Gasteiger partial charge >= 0.3 is 0 Å². The molecule has 0 fully saturated rings. The molecule has 21 heavy (non-hydrogen) atoms. The van der Waals surface area contributed by atoms with Crippen molar-refractivity contribution in [2.75, 3.05) is 13.1 Å². The van der Waals surface area contributed by atoms with Crippen LogP contribution in [0.1, 0.15) is 31.9 Å². The lowest BCUT2D eigenvalue weighted by Crippen LogP contribution is -2.32. The highest BCUT2D eigenvalue weighted by Gasteiger charge is 2.24. The molecule has 0 aliphatic heterocycles. The van der Waals surface area contributed by atoms with E-state index >= 15 is 0 Å². The van der Waals surface area contributed by atoms with Crippen molar-refractivity contribution >= 4 is 10.0 Å². The predicted octanol–water partition coefficient (Wildman–Crippen LogP) is 2.14. The van der Waals surface area contributed by atoms with E-state index in [2.05, 4.69) is 25.1 Å². The highest BCUT2D eigenvalue weighted by molar-refractivity contribution is 7.89. The lowest BCUT2D eigenvalue weighted by molar-refractivity contribution is 0.463. The van der Waals surface area contributed by atoms with E-state index in [0.717, 1.165) is 11.1 Å². The molecule has 0 unspecified atom stereocenters. The van der Waals surface area contributed by atoms with Gasteiger partial charge in [-0.15, -0.1) is 6.42 Å². The van der Waals surface area contributed by atoms with E-state index in [9.17, 15) is 8.42 Å². The van der Waals surface area contributed by atoms with E-state index in [0.29, 0.717) is 24.0 Å². The van der Waals surface area contributed by atoms with E-state index in [1.807, 2.05) is 13.0 Å². The second-order valence-corrected chi connectivity index (χ2v) is 7.12. The van der Waals surface area contributed by atoms with Crippen LogP contribution in [0, 0.1) is 19.3 Å². The molecule has 1 rings (SSSR count). The van der Waals surface area contributed by atoms with E-state index in [4.69, 9.17) is 6.42 Å². The Morgan fingerprint density at radius 2 is 2.05 bits per heavy atom. The summed E-state index contributed by atoms with van der Waals surface area (Å²) in [4.78, 5) is 0.336. The molecular formula is C16H24N2O2S. The Morgan fingerprint density at radius 3 is 2.57 bits per heavy atom. The lowest BCUT2D eigenvalue weighted by Gasteiger charge is -2.20. The van der Waals surface area contributed by atoms with E-state index in [-0.39, 0.29) is 6.54 Å². The van der Waals surface area contributed by atoms with Crippen molar-refractivity contribution in [3.05, 3.63) is 29.3 Å². The SMILES string of the molecule is C#CCN(CC)S(=O)(=O)c1cccc(CNC(C)C)c1C. The molecule has 0 aliphatic rings. The van der Waals surface area contributed by atoms with Gasteiger partial charge in [-0.2, -0.15) is 4.31 Å². The number of sulfonamides is 1. The zero-order valence-corrected chi connectivity index (χ0v) is 14.0. The quantitative estimate of drug-likeness (QED) is 0.785. The first-order valence-corrected chi connectivity index (χ1v) is 8.54. The molecule has 0 radical (unpaired) electrons. The molecule has 0 saturated heterocycles. The number of benzene rings is 1. The fraction of sp³-hybridized carbons (Fsp3) is 0.500. The van der Waals surface area contributed by atoms with Crippen LogP contribution in [0.2, 0.25) is 0 Å². The molecule has 116 valence electrons. The Kier molecular flexibility index (Phi) is 6.41. The second-order valence-electron chi connectivity index (χ2n) is 5.21. The standard InChI is InChI=1S/C16H24N2O2S/c1-6-11-18(7-2)21(19,20)16-10-8-9-15(14(16)5)12-17-13(3)4/h1,8-10,13,17H,7,11-12H2,2-5H3. The first-order chi connectivity index (χ1) is 9.84. The van der Waals surface area contributed by atoms with Crippen LogP contribution in [-0.2, 0) is 16.6 Å². The number of nitrogens with zero attached hydrogens (tertiary/aromatic N) is 1. The van der Waals surface area contributed by atoms with Gasteiger partial charge in [0.05, 0.1) is 11.4 Å². The van der Waals surface area contributed by atoms with Gasteiger partial charge in [-0.25, -0.2) is 8.42 Å². The van der Waals surface area contributed by atoms with Gasteiger partial charge in [0.25, 0.3) is 0 Å². The molecule has 5 heteroatoms. The molecule has 0 amide bonds. The van der Waals surface area contributed by atoms with Crippen LogP contribution in [-0.4, -0.2) is 31.9 Å². The van der Waals surface area contributed by atoms with Gasteiger partial charge in [0.15, 0.2) is 0 Å². The average Bonchev–Trinajstić information content (AvgIpc) is 2.43. The van der Waals surface area contributed by atoms with Crippen LogP contribution >= 0.6 is 0 Å². The lowest BCUT2D eigenvalue weighted by atomic mass is 10.1. The molecule has 0 saturated carbocycles. The minimum Gasteiger partial charge on any atom is -0.310 e. The van der Waals surface area contributed by atoms with Gasteiger partial charge in [0.1, 0.15) is 0 Å². The summed E-state index contributed by atoms with van der Waals surface area (Å²) in [6.45, 7) is 8.84. The number of hydrogen-bond donors (Lipinski definition) is 1. The van der Waals surface area contributed by atoms with Crippen molar-refractivity contribution in [1.29, 1.82) is 0 Å². The third-order valence-corrected chi connectivity index (χ3v) is 5.40. The molecule has 0 bridgehead atoms. The molecule has 0 heterocycles. The van der Waals surface area contributed by atoms with E-state index in [1.54, 1.807) is 19.1 Å². The molecule has 0 atom stereocenters. The number of nitrogens with one attached hydrogen (secondary N) is 1. The normalized spacial score (nSPS) is 11.9. The first kappa shape index (κ1) is 17.7. The smallest absolute Gasteiger partial charge is 0.244 e. The van der Waals surface area contributed by atoms with Gasteiger partial charge in [-0.3, -0.25) is 0 Å². The van der Waals surface area contributed by atoms with Gasteiger partial charge in [0, 0.05) is 19.1 Å². The van der Waals surface area contributed by atoms with Crippen molar-refractivity contribution in [3.63, 3.8) is 0 Å². The van der Waals surface area contributed by atoms with Crippen LogP contribution in [0.25, 0.3) is 0 Å². The minimum atomic E-state index is -3.54. The fourth-order valence-electron chi connectivity index (χ4n) is 2.05. The molecule has 1 aromatic rings. The van der Waals surface area contributed by atoms with Crippen LogP contribution in [0.5, 0.6) is 0 Å². The van der Waals surface area contributed by atoms with Crippen molar-refractivity contribution in [2.45, 2.75) is 45.2 Å². The molecule has 4 nitrogen and oxygen atoms in total. The third-order valence-electron chi connectivity index (χ3n) is 3.34. The molecule has 0 spiro atoms. The van der Waals surface area contributed by atoms with Crippen LogP contribution in [0.4, 0.5) is 0 Å². The van der Waals surface area contributed by atoms with Gasteiger partial charge in [-0.05, 0) is 24.1 Å². The Balaban J connectivity index is 3.19. The summed E-state index contributed by atoms with van der Waals surface area (Å²) in [6.07, 6.45) is 5.26. The maximum atomic E-state index is 12.7. The van der Waals surface area contributed by atoms with Gasteiger partial charge < -0.3 is 5.32 Å². The summed E-state index contributed by atoms with van der Waals surface area (Å²) in [7, 11) is -3.54. The highest BCUT2D eigenvalue weighted by Crippen LogP contribution is 2.22. The summed E-state index contributed by atoms with van der Waals surface area (Å²) >= 11 is 0. The topological polar surface area (TPSA) is 49.4 Å². The summed E-state index contributed by atoms with van der Waals surface area (Å²) in [6, 6.07) is 5.71. The average molecular weight is 308 g/mol. The maximum absolute atomic E-state index is 12.7. The third kappa shape index (κ3) is 4.31. The Hall–Kier alpha value is -1.35. The number of hydrogen-bond acceptors (Lipinski definition) is 3. The monoisotopic (exact) mass is 308 g/mol. The molecule has 0 aromatic heterocycles. The number of rotatable bonds is 7. The van der Waals surface area contributed by atoms with Crippen molar-refractivity contribution in [2.24, 2.45) is 0 Å². The molecule has 0 aliphatic carbocycles. The predicted molar refractivity (Wildman–Crippen MR) is 86.4 cm³/mol. The Bertz CT molecular complexity index is 616. The van der Waals surface area contributed by atoms with Crippen molar-refractivity contribution in [1.82, 2.24) is 9.62 Å². The Morgan fingerprint density at radius 1 is 1.38 bits per heavy atom. The second kappa shape index (κ2) is 7.60. The van der Waals surface area contributed by atoms with Gasteiger partial charge in [-0.1, -0.05) is 38.8 Å². The van der Waals surface area contributed by atoms with Crippen LogP contribution < -0.4 is 5.32 Å². The maximum Gasteiger partial charge on any atom is 0.244 e. The summed E-state index contributed by atoms with van der Waals surface area (Å²) < 4.78 is 26.7. The molecule has 1 aromatic carbocycles. The Labute approximate surface area is 128 Å². The zero-order chi connectivity index (χ0) is 16.0. The summed E-state index contributed by atoms with van der Waals surface area (Å²) in [5, 5.41) is 3.31. The fourth-order valence-corrected chi connectivity index (χ4v) is 3.68. The number of terminal acetylenes is 1.